The second-order valence-corrected chi connectivity index (χ2v) is 8.28. The number of carbonyl (C=O) groups excluding carboxylic acids is 1. The summed E-state index contributed by atoms with van der Waals surface area (Å²) in [6.45, 7) is 9.69. The number of hydrogen-bond donors (Lipinski definition) is 1. The Labute approximate surface area is 130 Å². The van der Waals surface area contributed by atoms with Gasteiger partial charge in [0.2, 0.25) is 5.91 Å². The number of rotatable bonds is 3. The summed E-state index contributed by atoms with van der Waals surface area (Å²) in [6, 6.07) is 0.292. The molecule has 1 N–H and O–H groups in total. The molecule has 21 heavy (non-hydrogen) atoms. The normalized spacial score (nSPS) is 32.2. The molecule has 1 saturated carbocycles. The van der Waals surface area contributed by atoms with Crippen LogP contribution in [0.15, 0.2) is 0 Å². The third kappa shape index (κ3) is 4.00. The van der Waals surface area contributed by atoms with Crippen LogP contribution < -0.4 is 0 Å². The zero-order valence-corrected chi connectivity index (χ0v) is 14.3. The summed E-state index contributed by atoms with van der Waals surface area (Å²) in [5.74, 6) is 1.01. The van der Waals surface area contributed by atoms with Crippen LogP contribution in [0.5, 0.6) is 0 Å². The average Bonchev–Trinajstić information content (AvgIpc) is 2.87. The van der Waals surface area contributed by atoms with Gasteiger partial charge in [0.1, 0.15) is 0 Å². The zero-order valence-electron chi connectivity index (χ0n) is 14.3. The number of amides is 1. The molecule has 0 radical (unpaired) electrons. The van der Waals surface area contributed by atoms with Gasteiger partial charge in [-0.2, -0.15) is 0 Å². The lowest BCUT2D eigenvalue weighted by Crippen LogP contribution is -2.46. The molecule has 2 fully saturated rings. The summed E-state index contributed by atoms with van der Waals surface area (Å²) in [5.41, 5.74) is 0.176. The fourth-order valence-corrected chi connectivity index (χ4v) is 3.82. The number of aliphatic hydroxyl groups excluding tert-OH is 1. The Morgan fingerprint density at radius 1 is 1.19 bits per heavy atom. The molecule has 1 aliphatic heterocycles. The zero-order chi connectivity index (χ0) is 15.6. The summed E-state index contributed by atoms with van der Waals surface area (Å²) in [5, 5.41) is 10.3. The first-order valence-electron chi connectivity index (χ1n) is 8.78. The molecule has 2 aliphatic rings. The van der Waals surface area contributed by atoms with E-state index in [9.17, 15) is 9.90 Å². The van der Waals surface area contributed by atoms with Gasteiger partial charge in [-0.3, -0.25) is 4.79 Å². The summed E-state index contributed by atoms with van der Waals surface area (Å²) < 4.78 is 0. The highest BCUT2D eigenvalue weighted by Crippen LogP contribution is 2.36. The quantitative estimate of drug-likeness (QED) is 0.864. The molecular weight excluding hydrogens is 262 g/mol. The first-order valence-corrected chi connectivity index (χ1v) is 8.78. The van der Waals surface area contributed by atoms with Gasteiger partial charge in [-0.25, -0.2) is 0 Å². The van der Waals surface area contributed by atoms with E-state index in [2.05, 4.69) is 32.6 Å². The van der Waals surface area contributed by atoms with Crippen molar-refractivity contribution in [2.24, 2.45) is 17.3 Å². The van der Waals surface area contributed by atoms with Gasteiger partial charge in [-0.1, -0.05) is 40.5 Å². The molecule has 0 aromatic rings. The molecule has 0 spiro atoms. The van der Waals surface area contributed by atoms with Crippen molar-refractivity contribution >= 4 is 5.91 Å². The first-order chi connectivity index (χ1) is 9.80. The van der Waals surface area contributed by atoms with Gasteiger partial charge in [-0.15, -0.1) is 0 Å². The van der Waals surface area contributed by atoms with Crippen LogP contribution in [0, 0.1) is 17.3 Å². The van der Waals surface area contributed by atoms with Crippen LogP contribution in [0.1, 0.15) is 72.6 Å². The van der Waals surface area contributed by atoms with Gasteiger partial charge in [-0.05, 0) is 37.0 Å². The van der Waals surface area contributed by atoms with Gasteiger partial charge in [0.15, 0.2) is 0 Å². The fourth-order valence-electron chi connectivity index (χ4n) is 3.82. The molecule has 1 aliphatic carbocycles. The Kier molecular flexibility index (Phi) is 5.34. The van der Waals surface area contributed by atoms with Crippen molar-refractivity contribution < 1.29 is 9.90 Å². The van der Waals surface area contributed by atoms with Gasteiger partial charge in [0.05, 0.1) is 6.10 Å². The topological polar surface area (TPSA) is 40.5 Å². The maximum atomic E-state index is 12.7. The maximum absolute atomic E-state index is 12.7. The van der Waals surface area contributed by atoms with Crippen molar-refractivity contribution in [2.75, 3.05) is 6.54 Å². The monoisotopic (exact) mass is 295 g/mol. The molecule has 0 aromatic heterocycles. The predicted molar refractivity (Wildman–Crippen MR) is 85.9 cm³/mol. The molecule has 122 valence electrons. The van der Waals surface area contributed by atoms with Gasteiger partial charge in [0, 0.05) is 24.9 Å². The van der Waals surface area contributed by atoms with Crippen molar-refractivity contribution in [3.63, 3.8) is 0 Å². The van der Waals surface area contributed by atoms with Crippen LogP contribution in [0.4, 0.5) is 0 Å². The van der Waals surface area contributed by atoms with Crippen molar-refractivity contribution in [1.29, 1.82) is 0 Å². The summed E-state index contributed by atoms with van der Waals surface area (Å²) in [4.78, 5) is 14.8. The number of carbonyl (C=O) groups is 1. The number of likely N-dealkylation sites (tertiary alicyclic amines) is 1. The van der Waals surface area contributed by atoms with E-state index in [4.69, 9.17) is 0 Å². The van der Waals surface area contributed by atoms with E-state index < -0.39 is 0 Å². The second kappa shape index (κ2) is 6.68. The minimum absolute atomic E-state index is 0.176. The predicted octanol–water partition coefficient (Wildman–Crippen LogP) is 3.60. The Morgan fingerprint density at radius 3 is 2.48 bits per heavy atom. The number of hydrogen-bond acceptors (Lipinski definition) is 2. The van der Waals surface area contributed by atoms with Crippen LogP contribution in [0.3, 0.4) is 0 Å². The van der Waals surface area contributed by atoms with E-state index in [0.29, 0.717) is 30.2 Å². The van der Waals surface area contributed by atoms with E-state index in [1.165, 1.54) is 6.42 Å². The van der Waals surface area contributed by atoms with E-state index in [1.54, 1.807) is 0 Å². The molecule has 0 aromatic carbocycles. The third-order valence-corrected chi connectivity index (χ3v) is 5.85. The van der Waals surface area contributed by atoms with E-state index >= 15 is 0 Å². The smallest absolute Gasteiger partial charge is 0.223 e. The fraction of sp³-hybridized carbons (Fsp3) is 0.944. The van der Waals surface area contributed by atoms with Crippen molar-refractivity contribution in [1.82, 2.24) is 4.90 Å². The number of nitrogens with zero attached hydrogens (tertiary/aromatic N) is 1. The Bertz CT molecular complexity index is 361. The molecule has 1 amide bonds. The Morgan fingerprint density at radius 2 is 1.86 bits per heavy atom. The second-order valence-electron chi connectivity index (χ2n) is 8.28. The molecule has 0 bridgehead atoms. The lowest BCUT2D eigenvalue weighted by molar-refractivity contribution is -0.136. The molecule has 3 nitrogen and oxygen atoms in total. The molecule has 4 atom stereocenters. The first kappa shape index (κ1) is 16.8. The average molecular weight is 295 g/mol. The van der Waals surface area contributed by atoms with Crippen LogP contribution in [0.2, 0.25) is 0 Å². The van der Waals surface area contributed by atoms with Crippen LogP contribution in [-0.4, -0.2) is 34.6 Å². The standard InChI is InChI=1S/C18H33NO2/c1-13(18(2,3)4)12-17(21)19-11-7-9-15(19)14-8-5-6-10-16(14)20/h13-16,20H,5-12H2,1-4H3. The minimum atomic E-state index is -0.197. The molecular formula is C18H33NO2. The molecule has 3 heteroatoms. The molecule has 4 unspecified atom stereocenters. The highest BCUT2D eigenvalue weighted by atomic mass is 16.3. The van der Waals surface area contributed by atoms with E-state index in [-0.39, 0.29) is 11.5 Å². The maximum Gasteiger partial charge on any atom is 0.223 e. The lowest BCUT2D eigenvalue weighted by atomic mass is 9.79. The van der Waals surface area contributed by atoms with Crippen molar-refractivity contribution in [2.45, 2.75) is 84.8 Å². The van der Waals surface area contributed by atoms with Crippen molar-refractivity contribution in [3.8, 4) is 0 Å². The van der Waals surface area contributed by atoms with Crippen LogP contribution in [0.25, 0.3) is 0 Å². The summed E-state index contributed by atoms with van der Waals surface area (Å²) in [6.07, 6.45) is 6.98. The lowest BCUT2D eigenvalue weighted by Gasteiger charge is -2.38. The van der Waals surface area contributed by atoms with Gasteiger partial charge < -0.3 is 10.0 Å². The highest BCUT2D eigenvalue weighted by Gasteiger charge is 2.39. The van der Waals surface area contributed by atoms with E-state index in [1.807, 2.05) is 0 Å². The molecule has 2 rings (SSSR count). The summed E-state index contributed by atoms with van der Waals surface area (Å²) in [7, 11) is 0. The minimum Gasteiger partial charge on any atom is -0.393 e. The van der Waals surface area contributed by atoms with Gasteiger partial charge in [0.25, 0.3) is 0 Å². The SMILES string of the molecule is CC(CC(=O)N1CCCC1C1CCCCC1O)C(C)(C)C. The van der Waals surface area contributed by atoms with E-state index in [0.717, 1.165) is 38.6 Å². The Hall–Kier alpha value is -0.570. The molecule has 1 saturated heterocycles. The highest BCUT2D eigenvalue weighted by molar-refractivity contribution is 5.77. The number of aliphatic hydroxyl groups is 1. The van der Waals surface area contributed by atoms with Gasteiger partial charge >= 0.3 is 0 Å². The van der Waals surface area contributed by atoms with Crippen molar-refractivity contribution in [3.05, 3.63) is 0 Å². The van der Waals surface area contributed by atoms with Crippen LogP contribution in [-0.2, 0) is 4.79 Å². The molecule has 1 heterocycles. The summed E-state index contributed by atoms with van der Waals surface area (Å²) >= 11 is 0. The largest absolute Gasteiger partial charge is 0.393 e. The van der Waals surface area contributed by atoms with Crippen LogP contribution >= 0.6 is 0 Å². The Balaban J connectivity index is 1.99. The third-order valence-electron chi connectivity index (χ3n) is 5.85.